The Bertz CT molecular complexity index is 509. The molecule has 0 rings (SSSR count). The normalized spacial score (nSPS) is 12.0. The second-order valence-corrected chi connectivity index (χ2v) is 16.9. The van der Waals surface area contributed by atoms with Gasteiger partial charge in [0.2, 0.25) is 0 Å². The molecule has 0 spiro atoms. The zero-order valence-corrected chi connectivity index (χ0v) is 34.2. The molecule has 284 valence electrons. The highest BCUT2D eigenvalue weighted by Gasteiger charge is 2.06. The molecule has 0 aromatic heterocycles. The standard InChI is InChI=1S/C46H95N/c1-6-7-8-9-10-11-12-13-14-15-16-17-22-27-32-37-42-47(43-38-33-28-23-18-20-25-30-35-40-45(2)3)44-39-34-29-24-19-21-26-31-36-41-46(4)5/h45-46H,6-44H2,1-5H3. The van der Waals surface area contributed by atoms with Crippen LogP contribution < -0.4 is 0 Å². The lowest BCUT2D eigenvalue weighted by molar-refractivity contribution is 0.254. The summed E-state index contributed by atoms with van der Waals surface area (Å²) in [6.07, 6.45) is 52.7. The molecule has 0 unspecified atom stereocenters. The van der Waals surface area contributed by atoms with Crippen molar-refractivity contribution in [1.29, 1.82) is 0 Å². The summed E-state index contributed by atoms with van der Waals surface area (Å²) in [4.78, 5) is 2.87. The van der Waals surface area contributed by atoms with Gasteiger partial charge in [-0.15, -0.1) is 0 Å². The molecule has 0 atom stereocenters. The molecule has 0 saturated carbocycles. The summed E-state index contributed by atoms with van der Waals surface area (Å²) in [6.45, 7) is 15.9. The topological polar surface area (TPSA) is 3.24 Å². The van der Waals surface area contributed by atoms with Crippen molar-refractivity contribution in [3.8, 4) is 0 Å². The van der Waals surface area contributed by atoms with Crippen molar-refractivity contribution in [3.05, 3.63) is 0 Å². The van der Waals surface area contributed by atoms with Crippen molar-refractivity contribution < 1.29 is 0 Å². The molecule has 0 saturated heterocycles. The van der Waals surface area contributed by atoms with E-state index in [1.807, 2.05) is 0 Å². The largest absolute Gasteiger partial charge is 0.303 e. The molecule has 0 fully saturated rings. The number of rotatable bonds is 41. The maximum atomic E-state index is 2.87. The minimum atomic E-state index is 0.887. The Kier molecular flexibility index (Phi) is 40.4. The molecular weight excluding hydrogens is 567 g/mol. The monoisotopic (exact) mass is 662 g/mol. The average Bonchev–Trinajstić information content (AvgIpc) is 3.05. The van der Waals surface area contributed by atoms with E-state index in [-0.39, 0.29) is 0 Å². The lowest BCUT2D eigenvalue weighted by Crippen LogP contribution is -2.27. The van der Waals surface area contributed by atoms with Crippen LogP contribution in [0.1, 0.15) is 266 Å². The summed E-state index contributed by atoms with van der Waals surface area (Å²) in [5, 5.41) is 0. The highest BCUT2D eigenvalue weighted by molar-refractivity contribution is 4.61. The second-order valence-electron chi connectivity index (χ2n) is 16.9. The highest BCUT2D eigenvalue weighted by Crippen LogP contribution is 2.17. The van der Waals surface area contributed by atoms with Gasteiger partial charge in [0.25, 0.3) is 0 Å². The third kappa shape index (κ3) is 42.0. The van der Waals surface area contributed by atoms with Crippen LogP contribution in [0.5, 0.6) is 0 Å². The predicted octanol–water partition coefficient (Wildman–Crippen LogP) is 16.7. The summed E-state index contributed by atoms with van der Waals surface area (Å²) >= 11 is 0. The van der Waals surface area contributed by atoms with Crippen LogP contribution in [-0.2, 0) is 0 Å². The van der Waals surface area contributed by atoms with E-state index in [1.54, 1.807) is 0 Å². The molecule has 0 aromatic rings. The van der Waals surface area contributed by atoms with Gasteiger partial charge in [0.05, 0.1) is 0 Å². The summed E-state index contributed by atoms with van der Waals surface area (Å²) < 4.78 is 0. The molecule has 0 amide bonds. The molecule has 0 aliphatic rings. The molecule has 0 bridgehead atoms. The Morgan fingerprint density at radius 2 is 0.447 bits per heavy atom. The third-order valence-corrected chi connectivity index (χ3v) is 10.8. The van der Waals surface area contributed by atoms with Gasteiger partial charge in [-0.25, -0.2) is 0 Å². The Morgan fingerprint density at radius 1 is 0.255 bits per heavy atom. The molecule has 1 nitrogen and oxygen atoms in total. The van der Waals surface area contributed by atoms with Crippen LogP contribution in [0.2, 0.25) is 0 Å². The molecule has 0 aromatic carbocycles. The van der Waals surface area contributed by atoms with E-state index in [0.29, 0.717) is 0 Å². The van der Waals surface area contributed by atoms with Crippen LogP contribution in [0, 0.1) is 11.8 Å². The van der Waals surface area contributed by atoms with Crippen molar-refractivity contribution in [2.75, 3.05) is 19.6 Å². The van der Waals surface area contributed by atoms with E-state index < -0.39 is 0 Å². The lowest BCUT2D eigenvalue weighted by atomic mass is 10.0. The average molecular weight is 662 g/mol. The molecule has 0 aliphatic carbocycles. The zero-order chi connectivity index (χ0) is 34.3. The minimum Gasteiger partial charge on any atom is -0.303 e. The van der Waals surface area contributed by atoms with Gasteiger partial charge in [0, 0.05) is 0 Å². The Hall–Kier alpha value is -0.0400. The molecule has 0 heterocycles. The lowest BCUT2D eigenvalue weighted by Gasteiger charge is -2.22. The molecule has 0 aliphatic heterocycles. The van der Waals surface area contributed by atoms with Crippen LogP contribution in [0.4, 0.5) is 0 Å². The smallest absolute Gasteiger partial charge is 0.00187 e. The first-order valence-electron chi connectivity index (χ1n) is 22.8. The maximum Gasteiger partial charge on any atom is -0.00187 e. The van der Waals surface area contributed by atoms with Crippen molar-refractivity contribution in [2.45, 2.75) is 266 Å². The SMILES string of the molecule is CCCCCCCCCCCCCCCCCCN(CCCCCCCCCCCC(C)C)CCCCCCCCCCCC(C)C. The Morgan fingerprint density at radius 3 is 0.660 bits per heavy atom. The molecule has 47 heavy (non-hydrogen) atoms. The van der Waals surface area contributed by atoms with Crippen LogP contribution in [0.25, 0.3) is 0 Å². The summed E-state index contributed by atoms with van der Waals surface area (Å²) in [7, 11) is 0. The van der Waals surface area contributed by atoms with Crippen molar-refractivity contribution >= 4 is 0 Å². The first kappa shape index (κ1) is 47.0. The van der Waals surface area contributed by atoms with Gasteiger partial charge in [-0.1, -0.05) is 247 Å². The third-order valence-electron chi connectivity index (χ3n) is 10.8. The van der Waals surface area contributed by atoms with E-state index in [1.165, 1.54) is 251 Å². The number of hydrogen-bond acceptors (Lipinski definition) is 1. The Labute approximate surface area is 301 Å². The van der Waals surface area contributed by atoms with E-state index >= 15 is 0 Å². The summed E-state index contributed by atoms with van der Waals surface area (Å²) in [5.74, 6) is 1.77. The quantitative estimate of drug-likeness (QED) is 0.0589. The van der Waals surface area contributed by atoms with E-state index in [9.17, 15) is 0 Å². The highest BCUT2D eigenvalue weighted by atomic mass is 15.1. The first-order valence-corrected chi connectivity index (χ1v) is 22.8. The van der Waals surface area contributed by atoms with E-state index in [2.05, 4.69) is 39.5 Å². The molecule has 0 N–H and O–H groups in total. The fourth-order valence-electron chi connectivity index (χ4n) is 7.47. The van der Waals surface area contributed by atoms with Crippen molar-refractivity contribution in [1.82, 2.24) is 4.90 Å². The zero-order valence-electron chi connectivity index (χ0n) is 34.2. The fraction of sp³-hybridized carbons (Fsp3) is 1.00. The summed E-state index contributed by atoms with van der Waals surface area (Å²) in [5.41, 5.74) is 0. The fourth-order valence-corrected chi connectivity index (χ4v) is 7.47. The second kappa shape index (κ2) is 40.4. The molecule has 1 heteroatoms. The summed E-state index contributed by atoms with van der Waals surface area (Å²) in [6, 6.07) is 0. The number of unbranched alkanes of at least 4 members (excludes halogenated alkanes) is 31. The first-order chi connectivity index (χ1) is 23.1. The molecule has 0 radical (unpaired) electrons. The van der Waals surface area contributed by atoms with E-state index in [0.717, 1.165) is 11.8 Å². The van der Waals surface area contributed by atoms with Gasteiger partial charge in [0.15, 0.2) is 0 Å². The van der Waals surface area contributed by atoms with Crippen molar-refractivity contribution in [2.24, 2.45) is 11.8 Å². The van der Waals surface area contributed by atoms with Gasteiger partial charge >= 0.3 is 0 Å². The van der Waals surface area contributed by atoms with Gasteiger partial charge in [-0.05, 0) is 50.7 Å². The molecular formula is C46H95N. The number of hydrogen-bond donors (Lipinski definition) is 0. The van der Waals surface area contributed by atoms with Gasteiger partial charge in [-0.2, -0.15) is 0 Å². The van der Waals surface area contributed by atoms with Crippen LogP contribution >= 0.6 is 0 Å². The van der Waals surface area contributed by atoms with Crippen LogP contribution in [0.15, 0.2) is 0 Å². The number of nitrogens with zero attached hydrogens (tertiary/aromatic N) is 1. The predicted molar refractivity (Wildman–Crippen MR) is 218 cm³/mol. The minimum absolute atomic E-state index is 0.887. The van der Waals surface area contributed by atoms with Crippen molar-refractivity contribution in [3.63, 3.8) is 0 Å². The van der Waals surface area contributed by atoms with Gasteiger partial charge in [0.1, 0.15) is 0 Å². The van der Waals surface area contributed by atoms with Gasteiger partial charge < -0.3 is 4.90 Å². The maximum absolute atomic E-state index is 2.87. The van der Waals surface area contributed by atoms with Crippen LogP contribution in [0.3, 0.4) is 0 Å². The Balaban J connectivity index is 3.91. The van der Waals surface area contributed by atoms with Gasteiger partial charge in [-0.3, -0.25) is 0 Å². The van der Waals surface area contributed by atoms with Crippen LogP contribution in [-0.4, -0.2) is 24.5 Å². The van der Waals surface area contributed by atoms with E-state index in [4.69, 9.17) is 0 Å².